The standard InChI is InChI=1S/C10H8F7NO2.Cu/c1-2(19)4(10(15,16)17)7(20)3-5(11)8(13)18-9(14)6(3)12;/h2,4,7,19-20H,1H3;. The molecule has 1 radical (unpaired) electrons. The summed E-state index contributed by atoms with van der Waals surface area (Å²) in [5.41, 5.74) is -1.88. The molecule has 0 amide bonds. The first-order chi connectivity index (χ1) is 8.98. The number of hydrogen-bond acceptors (Lipinski definition) is 3. The van der Waals surface area contributed by atoms with Gasteiger partial charge < -0.3 is 10.2 Å². The number of aromatic nitrogens is 1. The van der Waals surface area contributed by atoms with E-state index in [9.17, 15) is 35.8 Å². The molecule has 3 atom stereocenters. The van der Waals surface area contributed by atoms with Crippen molar-refractivity contribution in [3.8, 4) is 0 Å². The van der Waals surface area contributed by atoms with Gasteiger partial charge in [0.1, 0.15) is 5.92 Å². The third-order valence-electron chi connectivity index (χ3n) is 2.57. The number of pyridine rings is 1. The summed E-state index contributed by atoms with van der Waals surface area (Å²) in [6, 6.07) is 0. The number of halogens is 7. The van der Waals surface area contributed by atoms with Gasteiger partial charge in [-0.05, 0) is 6.92 Å². The van der Waals surface area contributed by atoms with Crippen LogP contribution in [0.25, 0.3) is 0 Å². The summed E-state index contributed by atoms with van der Waals surface area (Å²) in [6.45, 7) is 0.602. The van der Waals surface area contributed by atoms with Crippen LogP contribution in [-0.2, 0) is 17.1 Å². The number of aliphatic hydroxyl groups is 2. The van der Waals surface area contributed by atoms with Gasteiger partial charge in [-0.15, -0.1) is 0 Å². The second-order valence-corrected chi connectivity index (χ2v) is 3.99. The molecule has 0 saturated heterocycles. The van der Waals surface area contributed by atoms with Crippen LogP contribution in [0.3, 0.4) is 0 Å². The molecule has 3 nitrogen and oxygen atoms in total. The number of aliphatic hydroxyl groups excluding tert-OH is 2. The van der Waals surface area contributed by atoms with Gasteiger partial charge >= 0.3 is 6.18 Å². The maximum Gasteiger partial charge on any atom is 0.397 e. The smallest absolute Gasteiger partial charge is 0.393 e. The summed E-state index contributed by atoms with van der Waals surface area (Å²) in [6.07, 6.45) is -10.6. The Hall–Kier alpha value is -0.901. The fourth-order valence-corrected chi connectivity index (χ4v) is 1.66. The average molecular weight is 371 g/mol. The van der Waals surface area contributed by atoms with Gasteiger partial charge in [0.15, 0.2) is 11.6 Å². The molecule has 21 heavy (non-hydrogen) atoms. The predicted octanol–water partition coefficient (Wildman–Crippen LogP) is 2.23. The van der Waals surface area contributed by atoms with Crippen LogP contribution in [0.15, 0.2) is 0 Å². The Balaban J connectivity index is 0.00000400. The first-order valence-corrected chi connectivity index (χ1v) is 5.11. The minimum Gasteiger partial charge on any atom is -0.393 e. The van der Waals surface area contributed by atoms with E-state index in [1.54, 1.807) is 0 Å². The molecule has 0 saturated carbocycles. The molecule has 125 valence electrons. The molecule has 1 aromatic heterocycles. The van der Waals surface area contributed by atoms with Gasteiger partial charge in [-0.25, -0.2) is 8.78 Å². The Bertz CT molecular complexity index is 483. The maximum atomic E-state index is 13.3. The van der Waals surface area contributed by atoms with Crippen molar-refractivity contribution in [2.75, 3.05) is 0 Å². The van der Waals surface area contributed by atoms with Crippen molar-refractivity contribution in [1.82, 2.24) is 4.98 Å². The Morgan fingerprint density at radius 3 is 1.62 bits per heavy atom. The minimum absolute atomic E-state index is 0. The van der Waals surface area contributed by atoms with Crippen molar-refractivity contribution in [1.29, 1.82) is 0 Å². The Morgan fingerprint density at radius 2 is 1.33 bits per heavy atom. The van der Waals surface area contributed by atoms with Crippen LogP contribution in [0, 0.1) is 29.4 Å². The summed E-state index contributed by atoms with van der Waals surface area (Å²) in [5, 5.41) is 18.3. The monoisotopic (exact) mass is 370 g/mol. The molecule has 1 aromatic rings. The van der Waals surface area contributed by atoms with Crippen LogP contribution < -0.4 is 0 Å². The molecule has 0 spiro atoms. The number of hydrogen-bond donors (Lipinski definition) is 2. The second-order valence-electron chi connectivity index (χ2n) is 3.99. The molecule has 11 heteroatoms. The Labute approximate surface area is 124 Å². The summed E-state index contributed by atoms with van der Waals surface area (Å²) < 4.78 is 89.9. The van der Waals surface area contributed by atoms with Crippen molar-refractivity contribution in [3.05, 3.63) is 29.1 Å². The third-order valence-corrected chi connectivity index (χ3v) is 2.57. The van der Waals surface area contributed by atoms with Crippen LogP contribution in [0.5, 0.6) is 0 Å². The zero-order valence-corrected chi connectivity index (χ0v) is 11.0. The van der Waals surface area contributed by atoms with E-state index in [1.165, 1.54) is 0 Å². The molecule has 0 aliphatic carbocycles. The first kappa shape index (κ1) is 20.1. The van der Waals surface area contributed by atoms with Crippen molar-refractivity contribution in [2.45, 2.75) is 25.3 Å². The van der Waals surface area contributed by atoms with Gasteiger partial charge in [0, 0.05) is 17.1 Å². The van der Waals surface area contributed by atoms with Gasteiger partial charge in [-0.2, -0.15) is 26.9 Å². The van der Waals surface area contributed by atoms with E-state index in [0.717, 1.165) is 0 Å². The van der Waals surface area contributed by atoms with Gasteiger partial charge in [0.25, 0.3) is 11.9 Å². The van der Waals surface area contributed by atoms with E-state index in [-0.39, 0.29) is 17.1 Å². The van der Waals surface area contributed by atoms with E-state index in [2.05, 4.69) is 4.98 Å². The SMILES string of the molecule is CC(O)C(C(O)c1c(F)c(F)nc(F)c1F)C(F)(F)F.[Cu]. The minimum atomic E-state index is -5.26. The van der Waals surface area contributed by atoms with Crippen molar-refractivity contribution < 1.29 is 58.0 Å². The zero-order valence-electron chi connectivity index (χ0n) is 10.0. The zero-order chi connectivity index (χ0) is 15.8. The average Bonchev–Trinajstić information content (AvgIpc) is 2.24. The summed E-state index contributed by atoms with van der Waals surface area (Å²) in [4.78, 5) is 2.14. The molecule has 0 fully saturated rings. The van der Waals surface area contributed by atoms with Crippen molar-refractivity contribution >= 4 is 0 Å². The second kappa shape index (κ2) is 6.91. The largest absolute Gasteiger partial charge is 0.397 e. The van der Waals surface area contributed by atoms with E-state index in [0.29, 0.717) is 6.92 Å². The third kappa shape index (κ3) is 4.06. The normalized spacial score (nSPS) is 16.1. The molecule has 1 heterocycles. The Kier molecular flexibility index (Phi) is 6.61. The Morgan fingerprint density at radius 1 is 0.952 bits per heavy atom. The molecule has 2 N–H and O–H groups in total. The summed E-state index contributed by atoms with van der Waals surface area (Å²) in [7, 11) is 0. The fourth-order valence-electron chi connectivity index (χ4n) is 1.66. The van der Waals surface area contributed by atoms with Crippen LogP contribution in [0.2, 0.25) is 0 Å². The van der Waals surface area contributed by atoms with Gasteiger partial charge in [-0.1, -0.05) is 0 Å². The van der Waals surface area contributed by atoms with Crippen LogP contribution in [0.4, 0.5) is 30.7 Å². The molecule has 3 unspecified atom stereocenters. The summed E-state index contributed by atoms with van der Waals surface area (Å²) in [5.74, 6) is -12.0. The predicted molar refractivity (Wildman–Crippen MR) is 50.3 cm³/mol. The van der Waals surface area contributed by atoms with Gasteiger partial charge in [0.05, 0.1) is 17.8 Å². The molecule has 0 aromatic carbocycles. The molecule has 0 aliphatic heterocycles. The molecular formula is C10H8CuF7NO2. The van der Waals surface area contributed by atoms with Crippen molar-refractivity contribution in [3.63, 3.8) is 0 Å². The number of rotatable bonds is 3. The first-order valence-electron chi connectivity index (χ1n) is 5.11. The molecule has 1 rings (SSSR count). The van der Waals surface area contributed by atoms with Crippen LogP contribution >= 0.6 is 0 Å². The molecule has 0 bridgehead atoms. The number of nitrogens with zero attached hydrogens (tertiary/aromatic N) is 1. The van der Waals surface area contributed by atoms with E-state index >= 15 is 0 Å². The van der Waals surface area contributed by atoms with Gasteiger partial charge in [-0.3, -0.25) is 0 Å². The molecular weight excluding hydrogens is 363 g/mol. The molecule has 0 aliphatic rings. The summed E-state index contributed by atoms with van der Waals surface area (Å²) >= 11 is 0. The van der Waals surface area contributed by atoms with Crippen molar-refractivity contribution in [2.24, 2.45) is 5.92 Å². The van der Waals surface area contributed by atoms with Gasteiger partial charge in [0.2, 0.25) is 0 Å². The van der Waals surface area contributed by atoms with E-state index in [4.69, 9.17) is 5.11 Å². The quantitative estimate of drug-likeness (QED) is 0.487. The number of alkyl halides is 3. The maximum absolute atomic E-state index is 13.3. The topological polar surface area (TPSA) is 53.4 Å². The van der Waals surface area contributed by atoms with E-state index in [1.807, 2.05) is 0 Å². The van der Waals surface area contributed by atoms with Crippen LogP contribution in [0.1, 0.15) is 18.6 Å². The fraction of sp³-hybridized carbons (Fsp3) is 0.500. The van der Waals surface area contributed by atoms with E-state index < -0.39 is 53.4 Å². The van der Waals surface area contributed by atoms with Crippen LogP contribution in [-0.4, -0.2) is 27.5 Å².